The molecule has 0 spiro atoms. The molecule has 200 valence electrons. The van der Waals surface area contributed by atoms with E-state index in [0.29, 0.717) is 29.9 Å². The Morgan fingerprint density at radius 3 is 2.52 bits per heavy atom. The van der Waals surface area contributed by atoms with E-state index in [2.05, 4.69) is 4.98 Å². The van der Waals surface area contributed by atoms with Gasteiger partial charge in [-0.2, -0.15) is 0 Å². The van der Waals surface area contributed by atoms with Crippen molar-refractivity contribution >= 4 is 17.4 Å². The molecule has 0 aliphatic carbocycles. The Hall–Kier alpha value is -4.91. The van der Waals surface area contributed by atoms with E-state index in [1.54, 1.807) is 30.6 Å². The molecule has 1 fully saturated rings. The van der Waals surface area contributed by atoms with E-state index < -0.39 is 17.7 Å². The molecule has 0 bridgehead atoms. The standard InChI is InChI=1S/C33H28N2O5/c1-21-16-26-17-25(11-14-28(26)40-21)31(36)29-30(35(33(38)32(29)37)19-23-8-5-15-34-18-23)24-9-12-27(13-10-24)39-20-22-6-3-2-4-7-22/h2-15,17-18,21,30,36H,16,19-20H2,1H3/t21-,30-/m1/s1. The predicted octanol–water partition coefficient (Wildman–Crippen LogP) is 5.61. The first-order valence-corrected chi connectivity index (χ1v) is 13.2. The topological polar surface area (TPSA) is 89.0 Å². The van der Waals surface area contributed by atoms with E-state index >= 15 is 0 Å². The molecular weight excluding hydrogens is 504 g/mol. The Morgan fingerprint density at radius 1 is 1.00 bits per heavy atom. The first-order chi connectivity index (χ1) is 19.5. The summed E-state index contributed by atoms with van der Waals surface area (Å²) in [5.41, 5.74) is 4.00. The van der Waals surface area contributed by atoms with Gasteiger partial charge in [-0.3, -0.25) is 14.6 Å². The third kappa shape index (κ3) is 4.94. The minimum Gasteiger partial charge on any atom is -0.507 e. The lowest BCUT2D eigenvalue weighted by atomic mass is 9.94. The highest BCUT2D eigenvalue weighted by atomic mass is 16.5. The van der Waals surface area contributed by atoms with Crippen LogP contribution < -0.4 is 9.47 Å². The van der Waals surface area contributed by atoms with E-state index in [9.17, 15) is 14.7 Å². The number of amides is 1. The van der Waals surface area contributed by atoms with Crippen LogP contribution in [0.15, 0.2) is 103 Å². The number of likely N-dealkylation sites (tertiary alicyclic amines) is 1. The predicted molar refractivity (Wildman–Crippen MR) is 150 cm³/mol. The van der Waals surface area contributed by atoms with Crippen LogP contribution in [0.2, 0.25) is 0 Å². The van der Waals surface area contributed by atoms with Crippen molar-refractivity contribution in [2.45, 2.75) is 38.6 Å². The Balaban J connectivity index is 1.37. The number of carbonyl (C=O) groups is 2. The Morgan fingerprint density at radius 2 is 1.77 bits per heavy atom. The van der Waals surface area contributed by atoms with Gasteiger partial charge >= 0.3 is 0 Å². The SMILES string of the molecule is C[C@@H]1Cc2cc(C(O)=C3C(=O)C(=O)N(Cc4cccnc4)[C@@H]3c3ccc(OCc4ccccc4)cc3)ccc2O1. The number of aromatic nitrogens is 1. The average Bonchev–Trinajstić information content (AvgIpc) is 3.48. The van der Waals surface area contributed by atoms with Gasteiger partial charge in [0.2, 0.25) is 0 Å². The van der Waals surface area contributed by atoms with Crippen LogP contribution >= 0.6 is 0 Å². The highest BCUT2D eigenvalue weighted by Crippen LogP contribution is 2.41. The number of nitrogens with zero attached hydrogens (tertiary/aromatic N) is 2. The molecule has 2 aliphatic rings. The van der Waals surface area contributed by atoms with Crippen LogP contribution in [0.3, 0.4) is 0 Å². The third-order valence-electron chi connectivity index (χ3n) is 7.23. The first-order valence-electron chi connectivity index (χ1n) is 13.2. The summed E-state index contributed by atoms with van der Waals surface area (Å²) >= 11 is 0. The molecule has 2 aliphatic heterocycles. The van der Waals surface area contributed by atoms with Crippen LogP contribution in [-0.4, -0.2) is 32.8 Å². The lowest BCUT2D eigenvalue weighted by Crippen LogP contribution is -2.29. The molecule has 7 nitrogen and oxygen atoms in total. The Kier molecular flexibility index (Phi) is 6.78. The second kappa shape index (κ2) is 10.7. The van der Waals surface area contributed by atoms with Crippen LogP contribution in [0.5, 0.6) is 11.5 Å². The largest absolute Gasteiger partial charge is 0.507 e. The number of ether oxygens (including phenoxy) is 2. The number of carbonyl (C=O) groups excluding carboxylic acids is 2. The summed E-state index contributed by atoms with van der Waals surface area (Å²) in [4.78, 5) is 32.4. The van der Waals surface area contributed by atoms with E-state index in [4.69, 9.17) is 9.47 Å². The number of aliphatic hydroxyl groups is 1. The summed E-state index contributed by atoms with van der Waals surface area (Å²) in [6.45, 7) is 2.57. The van der Waals surface area contributed by atoms with Gasteiger partial charge in [-0.15, -0.1) is 0 Å². The van der Waals surface area contributed by atoms with Crippen LogP contribution in [0, 0.1) is 0 Å². The lowest BCUT2D eigenvalue weighted by molar-refractivity contribution is -0.140. The molecule has 3 heterocycles. The molecule has 7 heteroatoms. The van der Waals surface area contributed by atoms with Crippen molar-refractivity contribution in [3.05, 3.63) is 131 Å². The fourth-order valence-corrected chi connectivity index (χ4v) is 5.29. The van der Waals surface area contributed by atoms with Crippen molar-refractivity contribution in [3.63, 3.8) is 0 Å². The van der Waals surface area contributed by atoms with Crippen molar-refractivity contribution in [1.29, 1.82) is 0 Å². The van der Waals surface area contributed by atoms with Crippen molar-refractivity contribution in [3.8, 4) is 11.5 Å². The van der Waals surface area contributed by atoms with E-state index in [-0.39, 0.29) is 24.0 Å². The first kappa shape index (κ1) is 25.4. The van der Waals surface area contributed by atoms with E-state index in [1.807, 2.05) is 73.7 Å². The number of pyridine rings is 1. The Bertz CT molecular complexity index is 1580. The fraction of sp³-hybridized carbons (Fsp3) is 0.182. The zero-order chi connectivity index (χ0) is 27.6. The zero-order valence-electron chi connectivity index (χ0n) is 22.0. The quantitative estimate of drug-likeness (QED) is 0.189. The van der Waals surface area contributed by atoms with Gasteiger partial charge in [0.25, 0.3) is 11.7 Å². The van der Waals surface area contributed by atoms with Gasteiger partial charge in [0, 0.05) is 30.9 Å². The maximum Gasteiger partial charge on any atom is 0.295 e. The van der Waals surface area contributed by atoms with Crippen molar-refractivity contribution in [1.82, 2.24) is 9.88 Å². The minimum atomic E-state index is -0.785. The van der Waals surface area contributed by atoms with Gasteiger partial charge in [-0.1, -0.05) is 48.5 Å². The summed E-state index contributed by atoms with van der Waals surface area (Å²) < 4.78 is 11.7. The van der Waals surface area contributed by atoms with Gasteiger partial charge in [0.15, 0.2) is 0 Å². The number of hydrogen-bond donors (Lipinski definition) is 1. The van der Waals surface area contributed by atoms with Crippen LogP contribution in [0.4, 0.5) is 0 Å². The Labute approximate surface area is 232 Å². The third-order valence-corrected chi connectivity index (χ3v) is 7.23. The van der Waals surface area contributed by atoms with E-state index in [0.717, 1.165) is 22.4 Å². The molecular formula is C33H28N2O5. The maximum atomic E-state index is 13.4. The number of ketones is 1. The molecule has 6 rings (SSSR count). The fourth-order valence-electron chi connectivity index (χ4n) is 5.29. The molecule has 4 aromatic rings. The second-order valence-corrected chi connectivity index (χ2v) is 10.1. The van der Waals surface area contributed by atoms with Crippen LogP contribution in [0.25, 0.3) is 5.76 Å². The van der Waals surface area contributed by atoms with E-state index in [1.165, 1.54) is 4.90 Å². The maximum absolute atomic E-state index is 13.4. The number of aliphatic hydroxyl groups excluding tert-OH is 1. The van der Waals surface area contributed by atoms with Gasteiger partial charge in [-0.25, -0.2) is 0 Å². The van der Waals surface area contributed by atoms with Gasteiger partial charge in [0.1, 0.15) is 30.0 Å². The molecule has 1 saturated heterocycles. The average molecular weight is 533 g/mol. The van der Waals surface area contributed by atoms with Crippen LogP contribution in [-0.2, 0) is 29.2 Å². The van der Waals surface area contributed by atoms with Crippen molar-refractivity contribution in [2.24, 2.45) is 0 Å². The summed E-state index contributed by atoms with van der Waals surface area (Å²) in [6.07, 6.45) is 4.07. The number of fused-ring (bicyclic) bond motifs is 1. The molecule has 40 heavy (non-hydrogen) atoms. The molecule has 3 aromatic carbocycles. The smallest absolute Gasteiger partial charge is 0.295 e. The van der Waals surface area contributed by atoms with Gasteiger partial charge < -0.3 is 19.5 Å². The molecule has 2 atom stereocenters. The summed E-state index contributed by atoms with van der Waals surface area (Å²) in [7, 11) is 0. The van der Waals surface area contributed by atoms with Gasteiger partial charge in [-0.05, 0) is 65.6 Å². The van der Waals surface area contributed by atoms with Gasteiger partial charge in [0.05, 0.1) is 11.6 Å². The second-order valence-electron chi connectivity index (χ2n) is 10.1. The molecule has 1 aromatic heterocycles. The summed E-state index contributed by atoms with van der Waals surface area (Å²) in [6, 6.07) is 25.4. The highest BCUT2D eigenvalue weighted by Gasteiger charge is 2.46. The number of Topliss-reactive ketones (excluding diaryl/α,β-unsaturated/α-hetero) is 1. The number of rotatable bonds is 7. The summed E-state index contributed by atoms with van der Waals surface area (Å²) in [5, 5.41) is 11.5. The monoisotopic (exact) mass is 532 g/mol. The lowest BCUT2D eigenvalue weighted by Gasteiger charge is -2.25. The number of benzene rings is 3. The molecule has 1 amide bonds. The molecule has 1 N–H and O–H groups in total. The minimum absolute atomic E-state index is 0.0417. The number of hydrogen-bond acceptors (Lipinski definition) is 6. The zero-order valence-corrected chi connectivity index (χ0v) is 22.0. The van der Waals surface area contributed by atoms with Crippen molar-refractivity contribution in [2.75, 3.05) is 0 Å². The molecule has 0 unspecified atom stereocenters. The normalized spacial score (nSPS) is 19.4. The van der Waals surface area contributed by atoms with Crippen molar-refractivity contribution < 1.29 is 24.2 Å². The van der Waals surface area contributed by atoms with Crippen LogP contribution in [0.1, 0.15) is 40.8 Å². The summed E-state index contributed by atoms with van der Waals surface area (Å²) in [5.74, 6) is -0.170. The molecule has 0 saturated carbocycles. The molecule has 0 radical (unpaired) electrons. The highest BCUT2D eigenvalue weighted by molar-refractivity contribution is 6.46.